The van der Waals surface area contributed by atoms with Crippen molar-refractivity contribution in [1.29, 1.82) is 0 Å². The van der Waals surface area contributed by atoms with Gasteiger partial charge in [0, 0.05) is 33.3 Å². The summed E-state index contributed by atoms with van der Waals surface area (Å²) >= 11 is 3.37. The normalized spacial score (nSPS) is 9.80. The van der Waals surface area contributed by atoms with Gasteiger partial charge >= 0.3 is 0 Å². The van der Waals surface area contributed by atoms with Crippen LogP contribution in [-0.4, -0.2) is 36.4 Å². The Kier molecular flexibility index (Phi) is 4.55. The summed E-state index contributed by atoms with van der Waals surface area (Å²) in [6, 6.07) is 3.75. The van der Waals surface area contributed by atoms with Gasteiger partial charge in [0.15, 0.2) is 0 Å². The van der Waals surface area contributed by atoms with Crippen molar-refractivity contribution < 1.29 is 4.79 Å². The third-order valence-corrected chi connectivity index (χ3v) is 2.53. The minimum Gasteiger partial charge on any atom is -0.369 e. The Morgan fingerprint density at radius 3 is 2.93 bits per heavy atom. The van der Waals surface area contributed by atoms with E-state index in [4.69, 9.17) is 0 Å². The number of halogens is 1. The van der Waals surface area contributed by atoms with E-state index in [1.165, 1.54) is 0 Å². The molecule has 0 aliphatic carbocycles. The van der Waals surface area contributed by atoms with Crippen molar-refractivity contribution in [3.63, 3.8) is 0 Å². The first kappa shape index (κ1) is 12.0. The smallest absolute Gasteiger partial charge is 0.223 e. The van der Waals surface area contributed by atoms with Gasteiger partial charge < -0.3 is 10.2 Å². The van der Waals surface area contributed by atoms with Crippen molar-refractivity contribution in [3.8, 4) is 0 Å². The van der Waals surface area contributed by atoms with E-state index in [2.05, 4.69) is 26.2 Å². The fourth-order valence-corrected chi connectivity index (χ4v) is 1.42. The highest BCUT2D eigenvalue weighted by Gasteiger charge is 2.04. The molecule has 0 fully saturated rings. The van der Waals surface area contributed by atoms with Crippen molar-refractivity contribution in [3.05, 3.63) is 22.8 Å². The van der Waals surface area contributed by atoms with Gasteiger partial charge in [-0.2, -0.15) is 0 Å². The van der Waals surface area contributed by atoms with Crippen molar-refractivity contribution in [2.75, 3.05) is 26.0 Å². The number of carbonyl (C=O) groups is 1. The Bertz CT molecular complexity index is 341. The summed E-state index contributed by atoms with van der Waals surface area (Å²) < 4.78 is 0.905. The van der Waals surface area contributed by atoms with E-state index < -0.39 is 0 Å². The molecule has 1 amide bonds. The van der Waals surface area contributed by atoms with E-state index in [-0.39, 0.29) is 5.91 Å². The van der Waals surface area contributed by atoms with E-state index in [0.29, 0.717) is 13.0 Å². The molecule has 15 heavy (non-hydrogen) atoms. The Hall–Kier alpha value is -1.10. The fraction of sp³-hybridized carbons (Fsp3) is 0.400. The summed E-state index contributed by atoms with van der Waals surface area (Å²) in [4.78, 5) is 17.0. The molecule has 0 saturated carbocycles. The first-order chi connectivity index (χ1) is 7.11. The molecule has 4 nitrogen and oxygen atoms in total. The first-order valence-corrected chi connectivity index (χ1v) is 5.45. The van der Waals surface area contributed by atoms with E-state index in [1.807, 2.05) is 12.1 Å². The number of hydrogen-bond donors (Lipinski definition) is 1. The van der Waals surface area contributed by atoms with E-state index in [0.717, 1.165) is 10.3 Å². The Morgan fingerprint density at radius 1 is 1.60 bits per heavy atom. The number of anilines is 1. The maximum atomic E-state index is 11.3. The van der Waals surface area contributed by atoms with Crippen LogP contribution in [0.3, 0.4) is 0 Å². The number of carbonyl (C=O) groups excluding carboxylic acids is 1. The number of amides is 1. The van der Waals surface area contributed by atoms with E-state index >= 15 is 0 Å². The van der Waals surface area contributed by atoms with Gasteiger partial charge in [-0.25, -0.2) is 4.98 Å². The van der Waals surface area contributed by atoms with Crippen LogP contribution < -0.4 is 5.32 Å². The monoisotopic (exact) mass is 271 g/mol. The standard InChI is InChI=1S/C10H14BrN3O/c1-14(2)9(15)5-7-13-10-8(11)4-3-6-12-10/h3-4,6H,5,7H2,1-2H3,(H,12,13). The summed E-state index contributed by atoms with van der Waals surface area (Å²) in [5, 5.41) is 3.09. The van der Waals surface area contributed by atoms with Gasteiger partial charge in [-0.15, -0.1) is 0 Å². The van der Waals surface area contributed by atoms with Crippen LogP contribution >= 0.6 is 15.9 Å². The lowest BCUT2D eigenvalue weighted by Gasteiger charge is -2.11. The fourth-order valence-electron chi connectivity index (χ4n) is 1.03. The Labute approximate surface area is 97.8 Å². The van der Waals surface area contributed by atoms with Gasteiger partial charge in [-0.05, 0) is 28.1 Å². The molecule has 0 spiro atoms. The number of aromatic nitrogens is 1. The van der Waals surface area contributed by atoms with E-state index in [9.17, 15) is 4.79 Å². The lowest BCUT2D eigenvalue weighted by molar-refractivity contribution is -0.128. The van der Waals surface area contributed by atoms with Crippen molar-refractivity contribution in [2.24, 2.45) is 0 Å². The molecule has 0 unspecified atom stereocenters. The second kappa shape index (κ2) is 5.70. The second-order valence-electron chi connectivity index (χ2n) is 3.30. The molecule has 0 aliphatic rings. The molecule has 0 bridgehead atoms. The minimum absolute atomic E-state index is 0.106. The molecule has 82 valence electrons. The summed E-state index contributed by atoms with van der Waals surface area (Å²) in [7, 11) is 3.50. The number of hydrogen-bond acceptors (Lipinski definition) is 3. The highest BCUT2D eigenvalue weighted by Crippen LogP contribution is 2.17. The van der Waals surface area contributed by atoms with Crippen LogP contribution in [0, 0.1) is 0 Å². The summed E-state index contributed by atoms with van der Waals surface area (Å²) in [6.45, 7) is 0.590. The maximum absolute atomic E-state index is 11.3. The van der Waals surface area contributed by atoms with Crippen LogP contribution in [-0.2, 0) is 4.79 Å². The van der Waals surface area contributed by atoms with Crippen LogP contribution in [0.15, 0.2) is 22.8 Å². The summed E-state index contributed by atoms with van der Waals surface area (Å²) in [6.07, 6.45) is 2.18. The van der Waals surface area contributed by atoms with Gasteiger partial charge in [-0.1, -0.05) is 0 Å². The van der Waals surface area contributed by atoms with Gasteiger partial charge in [0.25, 0.3) is 0 Å². The van der Waals surface area contributed by atoms with Crippen molar-refractivity contribution in [1.82, 2.24) is 9.88 Å². The van der Waals surface area contributed by atoms with E-state index in [1.54, 1.807) is 25.2 Å². The molecule has 1 rings (SSSR count). The molecule has 0 radical (unpaired) electrons. The van der Waals surface area contributed by atoms with Gasteiger partial charge in [0.1, 0.15) is 5.82 Å². The minimum atomic E-state index is 0.106. The number of rotatable bonds is 4. The van der Waals surface area contributed by atoms with Gasteiger partial charge in [0.2, 0.25) is 5.91 Å². The van der Waals surface area contributed by atoms with Crippen LogP contribution in [0.2, 0.25) is 0 Å². The average Bonchev–Trinajstić information content (AvgIpc) is 2.20. The Balaban J connectivity index is 2.38. The SMILES string of the molecule is CN(C)C(=O)CCNc1ncccc1Br. The molecule has 0 atom stereocenters. The molecule has 0 aliphatic heterocycles. The topological polar surface area (TPSA) is 45.2 Å². The largest absolute Gasteiger partial charge is 0.369 e. The zero-order chi connectivity index (χ0) is 11.3. The Morgan fingerprint density at radius 2 is 2.33 bits per heavy atom. The molecule has 1 aromatic heterocycles. The molecule has 0 saturated heterocycles. The highest BCUT2D eigenvalue weighted by molar-refractivity contribution is 9.10. The predicted octanol–water partition coefficient (Wildman–Crippen LogP) is 1.73. The van der Waals surface area contributed by atoms with Crippen LogP contribution in [0.1, 0.15) is 6.42 Å². The zero-order valence-corrected chi connectivity index (χ0v) is 10.4. The number of nitrogens with one attached hydrogen (secondary N) is 1. The molecule has 5 heteroatoms. The van der Waals surface area contributed by atoms with Gasteiger partial charge in [-0.3, -0.25) is 4.79 Å². The third-order valence-electron chi connectivity index (χ3n) is 1.89. The van der Waals surface area contributed by atoms with Crippen LogP contribution in [0.25, 0.3) is 0 Å². The average molecular weight is 272 g/mol. The molecule has 1 heterocycles. The zero-order valence-electron chi connectivity index (χ0n) is 8.83. The number of pyridine rings is 1. The van der Waals surface area contributed by atoms with Gasteiger partial charge in [0.05, 0.1) is 4.47 Å². The third kappa shape index (κ3) is 3.87. The molecule has 0 aromatic carbocycles. The molecular weight excluding hydrogens is 258 g/mol. The maximum Gasteiger partial charge on any atom is 0.223 e. The lowest BCUT2D eigenvalue weighted by Crippen LogP contribution is -2.24. The molecule has 1 aromatic rings. The quantitative estimate of drug-likeness (QED) is 0.908. The predicted molar refractivity (Wildman–Crippen MR) is 63.7 cm³/mol. The van der Waals surface area contributed by atoms with Crippen LogP contribution in [0.5, 0.6) is 0 Å². The lowest BCUT2D eigenvalue weighted by atomic mass is 10.3. The van der Waals surface area contributed by atoms with Crippen molar-refractivity contribution >= 4 is 27.7 Å². The number of nitrogens with zero attached hydrogens (tertiary/aromatic N) is 2. The first-order valence-electron chi connectivity index (χ1n) is 4.66. The molecule has 1 N–H and O–H groups in total. The van der Waals surface area contributed by atoms with Crippen LogP contribution in [0.4, 0.5) is 5.82 Å². The molecular formula is C10H14BrN3O. The second-order valence-corrected chi connectivity index (χ2v) is 4.15. The summed E-state index contributed by atoms with van der Waals surface area (Å²) in [5.74, 6) is 0.874. The summed E-state index contributed by atoms with van der Waals surface area (Å²) in [5.41, 5.74) is 0. The highest BCUT2D eigenvalue weighted by atomic mass is 79.9. The van der Waals surface area contributed by atoms with Crippen molar-refractivity contribution in [2.45, 2.75) is 6.42 Å².